The van der Waals surface area contributed by atoms with Crippen LogP contribution in [0.2, 0.25) is 0 Å². The van der Waals surface area contributed by atoms with Gasteiger partial charge in [-0.3, -0.25) is 0 Å². The van der Waals surface area contributed by atoms with Crippen molar-refractivity contribution in [2.75, 3.05) is 19.8 Å². The van der Waals surface area contributed by atoms with Crippen molar-refractivity contribution in [2.24, 2.45) is 5.92 Å². The molecular weight excluding hydrogens is 226 g/mol. The molecule has 3 nitrogen and oxygen atoms in total. The van der Waals surface area contributed by atoms with Gasteiger partial charge in [0.25, 0.3) is 0 Å². The molecular formula is C15H33NO2. The van der Waals surface area contributed by atoms with Crippen molar-refractivity contribution in [1.29, 1.82) is 0 Å². The molecule has 0 radical (unpaired) electrons. The Labute approximate surface area is 113 Å². The molecule has 0 amide bonds. The Kier molecular flexibility index (Phi) is 9.70. The highest BCUT2D eigenvalue weighted by Gasteiger charge is 2.22. The van der Waals surface area contributed by atoms with E-state index in [1.807, 2.05) is 0 Å². The molecule has 1 atom stereocenters. The van der Waals surface area contributed by atoms with Crippen molar-refractivity contribution in [3.63, 3.8) is 0 Å². The topological polar surface area (TPSA) is 41.5 Å². The van der Waals surface area contributed by atoms with E-state index in [-0.39, 0.29) is 12.1 Å². The minimum atomic E-state index is -0.171. The van der Waals surface area contributed by atoms with Gasteiger partial charge >= 0.3 is 0 Å². The second-order valence-electron chi connectivity index (χ2n) is 6.27. The molecule has 0 saturated heterocycles. The molecule has 1 unspecified atom stereocenters. The van der Waals surface area contributed by atoms with E-state index in [2.05, 4.69) is 39.9 Å². The van der Waals surface area contributed by atoms with Crippen LogP contribution < -0.4 is 5.32 Å². The quantitative estimate of drug-likeness (QED) is 0.561. The number of aliphatic hydroxyl groups excluding tert-OH is 1. The van der Waals surface area contributed by atoms with E-state index in [0.717, 1.165) is 38.4 Å². The van der Waals surface area contributed by atoms with Crippen LogP contribution in [0.25, 0.3) is 0 Å². The average molecular weight is 259 g/mol. The normalized spacial score (nSPS) is 15.3. The van der Waals surface area contributed by atoms with Crippen LogP contribution in [0.3, 0.4) is 0 Å². The molecule has 0 rings (SSSR count). The summed E-state index contributed by atoms with van der Waals surface area (Å²) < 4.78 is 5.62. The van der Waals surface area contributed by atoms with Crippen LogP contribution >= 0.6 is 0 Å². The first-order valence-corrected chi connectivity index (χ1v) is 7.36. The van der Waals surface area contributed by atoms with Crippen LogP contribution in [-0.2, 0) is 4.74 Å². The Morgan fingerprint density at radius 2 is 1.72 bits per heavy atom. The maximum Gasteiger partial charge on any atom is 0.0610 e. The Morgan fingerprint density at radius 1 is 1.11 bits per heavy atom. The zero-order valence-electron chi connectivity index (χ0n) is 13.0. The van der Waals surface area contributed by atoms with Gasteiger partial charge in [-0.05, 0) is 38.5 Å². The highest BCUT2D eigenvalue weighted by molar-refractivity contribution is 4.83. The second kappa shape index (κ2) is 9.76. The fraction of sp³-hybridized carbons (Fsp3) is 1.00. The summed E-state index contributed by atoms with van der Waals surface area (Å²) in [6, 6.07) is 0.397. The summed E-state index contributed by atoms with van der Waals surface area (Å²) in [5.74, 6) is 0.765. The maximum atomic E-state index is 9.43. The van der Waals surface area contributed by atoms with Gasteiger partial charge in [0, 0.05) is 24.8 Å². The molecule has 0 bridgehead atoms. The Bertz CT molecular complexity index is 195. The lowest BCUT2D eigenvalue weighted by Crippen LogP contribution is -2.49. The minimum absolute atomic E-state index is 0.171. The van der Waals surface area contributed by atoms with Gasteiger partial charge < -0.3 is 15.2 Å². The van der Waals surface area contributed by atoms with Gasteiger partial charge in [-0.2, -0.15) is 0 Å². The van der Waals surface area contributed by atoms with Crippen LogP contribution in [0, 0.1) is 5.92 Å². The summed E-state index contributed by atoms with van der Waals surface area (Å²) in [4.78, 5) is 0. The summed E-state index contributed by atoms with van der Waals surface area (Å²) in [6.07, 6.45) is 4.34. The van der Waals surface area contributed by atoms with Gasteiger partial charge in [0.05, 0.1) is 6.61 Å². The standard InChI is InChI=1S/C15H33NO2/c1-13(2)8-6-10-18-11-7-9-15(5,12-17)16-14(3)4/h13-14,16-17H,6-12H2,1-5H3. The summed E-state index contributed by atoms with van der Waals surface area (Å²) in [6.45, 7) is 12.6. The third kappa shape index (κ3) is 9.86. The van der Waals surface area contributed by atoms with Crippen LogP contribution in [0.4, 0.5) is 0 Å². The molecule has 0 heterocycles. The van der Waals surface area contributed by atoms with E-state index in [9.17, 15) is 5.11 Å². The first kappa shape index (κ1) is 17.9. The molecule has 0 fully saturated rings. The fourth-order valence-electron chi connectivity index (χ4n) is 2.15. The molecule has 2 N–H and O–H groups in total. The Hall–Kier alpha value is -0.120. The van der Waals surface area contributed by atoms with Crippen LogP contribution in [-0.4, -0.2) is 36.5 Å². The molecule has 0 aliphatic heterocycles. The smallest absolute Gasteiger partial charge is 0.0610 e. The number of aliphatic hydroxyl groups is 1. The summed E-state index contributed by atoms with van der Waals surface area (Å²) in [5.41, 5.74) is -0.171. The van der Waals surface area contributed by atoms with Crippen molar-refractivity contribution in [3.05, 3.63) is 0 Å². The molecule has 0 aromatic heterocycles. The van der Waals surface area contributed by atoms with Crippen molar-refractivity contribution < 1.29 is 9.84 Å². The van der Waals surface area contributed by atoms with Crippen molar-refractivity contribution >= 4 is 0 Å². The van der Waals surface area contributed by atoms with E-state index in [1.165, 1.54) is 6.42 Å². The zero-order chi connectivity index (χ0) is 14.0. The lowest BCUT2D eigenvalue weighted by Gasteiger charge is -2.31. The Balaban J connectivity index is 3.56. The predicted molar refractivity (Wildman–Crippen MR) is 77.9 cm³/mol. The van der Waals surface area contributed by atoms with E-state index in [0.29, 0.717) is 6.04 Å². The minimum Gasteiger partial charge on any atom is -0.394 e. The molecule has 3 heteroatoms. The predicted octanol–water partition coefficient (Wildman–Crippen LogP) is 2.97. The van der Waals surface area contributed by atoms with Crippen molar-refractivity contribution in [2.45, 2.75) is 71.9 Å². The van der Waals surface area contributed by atoms with Crippen LogP contribution in [0.1, 0.15) is 60.3 Å². The molecule has 0 saturated carbocycles. The SMILES string of the molecule is CC(C)CCCOCCCC(C)(CO)NC(C)C. The van der Waals surface area contributed by atoms with Crippen molar-refractivity contribution in [1.82, 2.24) is 5.32 Å². The van der Waals surface area contributed by atoms with E-state index < -0.39 is 0 Å². The van der Waals surface area contributed by atoms with E-state index in [4.69, 9.17) is 4.74 Å². The fourth-order valence-corrected chi connectivity index (χ4v) is 2.15. The number of nitrogens with one attached hydrogen (secondary N) is 1. The zero-order valence-corrected chi connectivity index (χ0v) is 13.0. The van der Waals surface area contributed by atoms with Gasteiger partial charge in [-0.15, -0.1) is 0 Å². The molecule has 110 valence electrons. The first-order chi connectivity index (χ1) is 8.39. The highest BCUT2D eigenvalue weighted by atomic mass is 16.5. The summed E-state index contributed by atoms with van der Waals surface area (Å²) >= 11 is 0. The molecule has 18 heavy (non-hydrogen) atoms. The third-order valence-corrected chi connectivity index (χ3v) is 3.07. The molecule has 0 aromatic rings. The highest BCUT2D eigenvalue weighted by Crippen LogP contribution is 2.13. The van der Waals surface area contributed by atoms with Crippen LogP contribution in [0.15, 0.2) is 0 Å². The summed E-state index contributed by atoms with van der Waals surface area (Å²) in [5, 5.41) is 12.9. The first-order valence-electron chi connectivity index (χ1n) is 7.36. The lowest BCUT2D eigenvalue weighted by molar-refractivity contribution is 0.103. The van der Waals surface area contributed by atoms with Gasteiger partial charge in [0.1, 0.15) is 0 Å². The second-order valence-corrected chi connectivity index (χ2v) is 6.27. The molecule has 0 aliphatic carbocycles. The van der Waals surface area contributed by atoms with Gasteiger partial charge in [0.2, 0.25) is 0 Å². The van der Waals surface area contributed by atoms with Gasteiger partial charge in [0.15, 0.2) is 0 Å². The third-order valence-electron chi connectivity index (χ3n) is 3.07. The van der Waals surface area contributed by atoms with E-state index in [1.54, 1.807) is 0 Å². The molecule has 0 aliphatic rings. The maximum absolute atomic E-state index is 9.43. The number of ether oxygens (including phenoxy) is 1. The van der Waals surface area contributed by atoms with Gasteiger partial charge in [-0.25, -0.2) is 0 Å². The largest absolute Gasteiger partial charge is 0.394 e. The lowest BCUT2D eigenvalue weighted by atomic mass is 9.96. The molecule has 0 spiro atoms. The van der Waals surface area contributed by atoms with Crippen LogP contribution in [0.5, 0.6) is 0 Å². The van der Waals surface area contributed by atoms with E-state index >= 15 is 0 Å². The monoisotopic (exact) mass is 259 g/mol. The Morgan fingerprint density at radius 3 is 2.22 bits per heavy atom. The number of hydrogen-bond acceptors (Lipinski definition) is 3. The average Bonchev–Trinajstić information content (AvgIpc) is 2.26. The molecule has 0 aromatic carbocycles. The van der Waals surface area contributed by atoms with Crippen molar-refractivity contribution in [3.8, 4) is 0 Å². The number of rotatable bonds is 11. The number of hydrogen-bond donors (Lipinski definition) is 2. The summed E-state index contributed by atoms with van der Waals surface area (Å²) in [7, 11) is 0. The van der Waals surface area contributed by atoms with Gasteiger partial charge in [-0.1, -0.05) is 27.7 Å².